The average molecular weight is 528 g/mol. The molecule has 30 heavy (non-hydrogen) atoms. The van der Waals surface area contributed by atoms with Crippen molar-refractivity contribution in [3.05, 3.63) is 92.9 Å². The van der Waals surface area contributed by atoms with Crippen LogP contribution in [0, 0.1) is 0 Å². The van der Waals surface area contributed by atoms with Crippen LogP contribution in [0.25, 0.3) is 0 Å². The van der Waals surface area contributed by atoms with Gasteiger partial charge in [-0.25, -0.2) is 8.42 Å². The maximum atomic E-state index is 13.0. The van der Waals surface area contributed by atoms with E-state index in [9.17, 15) is 13.2 Å². The standard InChI is InChI=1S/C21H17BrCl2N2O3S/c22-15-6-9-17(10-7-15)30(28,29)26-20(12-14-4-2-1-3-5-14)21(27)25-16-8-11-18(23)19(24)13-16/h1-11,13,20,26H,12H2,(H,25,27)/t20-/m1/s1. The van der Waals surface area contributed by atoms with Crippen molar-refractivity contribution in [2.75, 3.05) is 5.32 Å². The number of benzene rings is 3. The highest BCUT2D eigenvalue weighted by atomic mass is 79.9. The molecule has 3 aromatic rings. The first-order chi connectivity index (χ1) is 14.2. The molecule has 0 radical (unpaired) electrons. The molecule has 0 unspecified atom stereocenters. The molecule has 0 aromatic heterocycles. The van der Waals surface area contributed by atoms with Crippen LogP contribution in [0.3, 0.4) is 0 Å². The van der Waals surface area contributed by atoms with Crippen molar-refractivity contribution in [3.63, 3.8) is 0 Å². The van der Waals surface area contributed by atoms with E-state index in [0.29, 0.717) is 10.7 Å². The van der Waals surface area contributed by atoms with Crippen molar-refractivity contribution < 1.29 is 13.2 Å². The van der Waals surface area contributed by atoms with Crippen LogP contribution in [0.4, 0.5) is 5.69 Å². The molecule has 0 fully saturated rings. The van der Waals surface area contributed by atoms with Crippen LogP contribution in [-0.2, 0) is 21.2 Å². The number of sulfonamides is 1. The second kappa shape index (κ2) is 9.94. The van der Waals surface area contributed by atoms with Gasteiger partial charge in [-0.1, -0.05) is 69.5 Å². The zero-order valence-electron chi connectivity index (χ0n) is 15.5. The Morgan fingerprint density at radius 2 is 1.60 bits per heavy atom. The number of carbonyl (C=O) groups is 1. The van der Waals surface area contributed by atoms with Gasteiger partial charge in [-0.15, -0.1) is 0 Å². The van der Waals surface area contributed by atoms with Gasteiger partial charge in [-0.3, -0.25) is 4.79 Å². The molecule has 1 amide bonds. The van der Waals surface area contributed by atoms with Crippen LogP contribution in [0.1, 0.15) is 5.56 Å². The van der Waals surface area contributed by atoms with Gasteiger partial charge >= 0.3 is 0 Å². The van der Waals surface area contributed by atoms with Crippen LogP contribution >= 0.6 is 39.1 Å². The third-order valence-electron chi connectivity index (χ3n) is 4.21. The Hall–Kier alpha value is -1.90. The summed E-state index contributed by atoms with van der Waals surface area (Å²) in [7, 11) is -3.93. The first-order valence-corrected chi connectivity index (χ1v) is 11.9. The molecule has 2 N–H and O–H groups in total. The second-order valence-electron chi connectivity index (χ2n) is 6.44. The third kappa shape index (κ3) is 6.06. The normalized spacial score (nSPS) is 12.4. The van der Waals surface area contributed by atoms with Gasteiger partial charge in [0.15, 0.2) is 0 Å². The van der Waals surface area contributed by atoms with Gasteiger partial charge in [-0.05, 0) is 54.4 Å². The first-order valence-electron chi connectivity index (χ1n) is 8.82. The molecular formula is C21H17BrCl2N2O3S. The number of hydrogen-bond donors (Lipinski definition) is 2. The summed E-state index contributed by atoms with van der Waals surface area (Å²) in [5.74, 6) is -0.516. The minimum Gasteiger partial charge on any atom is -0.325 e. The van der Waals surface area contributed by atoms with Gasteiger partial charge < -0.3 is 5.32 Å². The molecule has 9 heteroatoms. The molecule has 3 aromatic carbocycles. The number of hydrogen-bond acceptors (Lipinski definition) is 3. The lowest BCUT2D eigenvalue weighted by atomic mass is 10.1. The number of rotatable bonds is 7. The Morgan fingerprint density at radius 1 is 0.933 bits per heavy atom. The first kappa shape index (κ1) is 22.8. The zero-order valence-corrected chi connectivity index (χ0v) is 19.4. The SMILES string of the molecule is O=C(Nc1ccc(Cl)c(Cl)c1)[C@@H](Cc1ccccc1)NS(=O)(=O)c1ccc(Br)cc1. The fourth-order valence-electron chi connectivity index (χ4n) is 2.71. The molecule has 0 bridgehead atoms. The minimum absolute atomic E-state index is 0.0612. The molecule has 0 aliphatic rings. The summed E-state index contributed by atoms with van der Waals surface area (Å²) in [6.07, 6.45) is 0.170. The van der Waals surface area contributed by atoms with Gasteiger partial charge in [0.2, 0.25) is 15.9 Å². The molecule has 0 aliphatic heterocycles. The molecule has 0 heterocycles. The maximum absolute atomic E-state index is 13.0. The number of halogens is 3. The summed E-state index contributed by atoms with van der Waals surface area (Å²) in [5, 5.41) is 3.33. The van der Waals surface area contributed by atoms with E-state index in [0.717, 1.165) is 10.0 Å². The Kier molecular flexibility index (Phi) is 7.55. The van der Waals surface area contributed by atoms with E-state index < -0.39 is 22.0 Å². The van der Waals surface area contributed by atoms with Gasteiger partial charge in [0.05, 0.1) is 14.9 Å². The Balaban J connectivity index is 1.86. The van der Waals surface area contributed by atoms with E-state index in [2.05, 4.69) is 26.0 Å². The predicted octanol–water partition coefficient (Wildman–Crippen LogP) is 5.28. The van der Waals surface area contributed by atoms with Crippen LogP contribution < -0.4 is 10.0 Å². The summed E-state index contributed by atoms with van der Waals surface area (Å²) in [6.45, 7) is 0. The molecule has 5 nitrogen and oxygen atoms in total. The number of nitrogens with one attached hydrogen (secondary N) is 2. The highest BCUT2D eigenvalue weighted by Crippen LogP contribution is 2.25. The van der Waals surface area contributed by atoms with E-state index in [-0.39, 0.29) is 16.3 Å². The van der Waals surface area contributed by atoms with E-state index in [1.54, 1.807) is 24.3 Å². The molecule has 0 aliphatic carbocycles. The summed E-state index contributed by atoms with van der Waals surface area (Å²) < 4.78 is 29.0. The molecule has 3 rings (SSSR count). The van der Waals surface area contributed by atoms with Crippen molar-refractivity contribution in [2.45, 2.75) is 17.4 Å². The Bertz CT molecular complexity index is 1140. The van der Waals surface area contributed by atoms with Crippen LogP contribution in [0.15, 0.2) is 82.2 Å². The van der Waals surface area contributed by atoms with Crippen molar-refractivity contribution in [2.24, 2.45) is 0 Å². The smallest absolute Gasteiger partial charge is 0.242 e. The van der Waals surface area contributed by atoms with Crippen molar-refractivity contribution in [3.8, 4) is 0 Å². The molecule has 0 saturated carbocycles. The van der Waals surface area contributed by atoms with Gasteiger partial charge in [0.1, 0.15) is 6.04 Å². The second-order valence-corrected chi connectivity index (χ2v) is 9.88. The maximum Gasteiger partial charge on any atom is 0.242 e. The minimum atomic E-state index is -3.93. The number of anilines is 1. The lowest BCUT2D eigenvalue weighted by molar-refractivity contribution is -0.117. The van der Waals surface area contributed by atoms with E-state index in [1.807, 2.05) is 30.3 Å². The summed E-state index contributed by atoms with van der Waals surface area (Å²) >= 11 is 15.2. The summed E-state index contributed by atoms with van der Waals surface area (Å²) in [5.41, 5.74) is 1.22. The number of carbonyl (C=O) groups excluding carboxylic acids is 1. The van der Waals surface area contributed by atoms with Gasteiger partial charge in [-0.2, -0.15) is 4.72 Å². The quantitative estimate of drug-likeness (QED) is 0.438. The van der Waals surface area contributed by atoms with Crippen LogP contribution in [0.2, 0.25) is 10.0 Å². The fraction of sp³-hybridized carbons (Fsp3) is 0.0952. The van der Waals surface area contributed by atoms with Crippen molar-refractivity contribution in [1.29, 1.82) is 0 Å². The summed E-state index contributed by atoms with van der Waals surface area (Å²) in [4.78, 5) is 13.0. The summed E-state index contributed by atoms with van der Waals surface area (Å²) in [6, 6.07) is 18.9. The van der Waals surface area contributed by atoms with Gasteiger partial charge in [0.25, 0.3) is 0 Å². The van der Waals surface area contributed by atoms with E-state index in [4.69, 9.17) is 23.2 Å². The largest absolute Gasteiger partial charge is 0.325 e. The monoisotopic (exact) mass is 526 g/mol. The Labute approximate surface area is 193 Å². The van der Waals surface area contributed by atoms with E-state index in [1.165, 1.54) is 18.2 Å². The zero-order chi connectivity index (χ0) is 21.7. The highest BCUT2D eigenvalue weighted by Gasteiger charge is 2.26. The lowest BCUT2D eigenvalue weighted by Gasteiger charge is -2.19. The molecule has 0 spiro atoms. The molecule has 156 valence electrons. The highest BCUT2D eigenvalue weighted by molar-refractivity contribution is 9.10. The van der Waals surface area contributed by atoms with Crippen LogP contribution in [0.5, 0.6) is 0 Å². The fourth-order valence-corrected chi connectivity index (χ4v) is 4.47. The van der Waals surface area contributed by atoms with Crippen LogP contribution in [-0.4, -0.2) is 20.4 Å². The van der Waals surface area contributed by atoms with Gasteiger partial charge in [0, 0.05) is 10.2 Å². The number of amides is 1. The molecular weight excluding hydrogens is 511 g/mol. The molecule has 1 atom stereocenters. The lowest BCUT2D eigenvalue weighted by Crippen LogP contribution is -2.45. The Morgan fingerprint density at radius 3 is 2.23 bits per heavy atom. The van der Waals surface area contributed by atoms with Crippen molar-refractivity contribution in [1.82, 2.24) is 4.72 Å². The van der Waals surface area contributed by atoms with Crippen molar-refractivity contribution >= 4 is 60.7 Å². The molecule has 0 saturated heterocycles. The average Bonchev–Trinajstić information content (AvgIpc) is 2.71. The topological polar surface area (TPSA) is 75.3 Å². The predicted molar refractivity (Wildman–Crippen MR) is 123 cm³/mol. The third-order valence-corrected chi connectivity index (χ3v) is 6.96. The van der Waals surface area contributed by atoms with E-state index >= 15 is 0 Å².